The van der Waals surface area contributed by atoms with Crippen molar-refractivity contribution in [3.8, 4) is 0 Å². The van der Waals surface area contributed by atoms with Gasteiger partial charge in [-0.1, -0.05) is 18.2 Å². The summed E-state index contributed by atoms with van der Waals surface area (Å²) in [5.41, 5.74) is 4.38. The van der Waals surface area contributed by atoms with Crippen molar-refractivity contribution in [2.24, 2.45) is 0 Å². The van der Waals surface area contributed by atoms with Crippen molar-refractivity contribution in [1.29, 1.82) is 0 Å². The van der Waals surface area contributed by atoms with E-state index in [1.165, 1.54) is 5.57 Å². The van der Waals surface area contributed by atoms with Gasteiger partial charge in [-0.15, -0.1) is 0 Å². The molecule has 3 aromatic heterocycles. The minimum atomic E-state index is 0.892. The number of pyridine rings is 3. The van der Waals surface area contributed by atoms with Crippen molar-refractivity contribution in [3.63, 3.8) is 0 Å². The van der Waals surface area contributed by atoms with E-state index in [1.807, 2.05) is 55.0 Å². The van der Waals surface area contributed by atoms with Gasteiger partial charge in [0.25, 0.3) is 0 Å². The second-order valence-electron chi connectivity index (χ2n) is 4.99. The number of hydrogen-bond donors (Lipinski definition) is 0. The largest absolute Gasteiger partial charge is 0.264 e. The first-order valence-corrected chi connectivity index (χ1v) is 7.34. The number of rotatable bonds is 5. The van der Waals surface area contributed by atoms with Crippen LogP contribution in [0.4, 0.5) is 0 Å². The fraction of sp³-hybridized carbons (Fsp3) is 0.105. The van der Waals surface area contributed by atoms with Gasteiger partial charge < -0.3 is 0 Å². The summed E-state index contributed by atoms with van der Waals surface area (Å²) < 4.78 is 0. The lowest BCUT2D eigenvalue weighted by molar-refractivity contribution is 0.952. The predicted molar refractivity (Wildman–Crippen MR) is 88.9 cm³/mol. The third-order valence-corrected chi connectivity index (χ3v) is 3.40. The van der Waals surface area contributed by atoms with Crippen LogP contribution in [0.2, 0.25) is 0 Å². The second kappa shape index (κ2) is 7.27. The van der Waals surface area contributed by atoms with Crippen molar-refractivity contribution in [1.82, 2.24) is 15.0 Å². The summed E-state index contributed by atoms with van der Waals surface area (Å²) in [5.74, 6) is 0. The summed E-state index contributed by atoms with van der Waals surface area (Å²) in [6.45, 7) is 0. The lowest BCUT2D eigenvalue weighted by Gasteiger charge is -2.07. The van der Waals surface area contributed by atoms with Crippen molar-refractivity contribution < 1.29 is 0 Å². The Kier molecular flexibility index (Phi) is 4.67. The molecule has 0 aliphatic heterocycles. The highest BCUT2D eigenvalue weighted by molar-refractivity contribution is 5.79. The zero-order valence-corrected chi connectivity index (χ0v) is 12.3. The normalized spacial score (nSPS) is 11.4. The van der Waals surface area contributed by atoms with E-state index in [9.17, 15) is 0 Å². The van der Waals surface area contributed by atoms with Crippen LogP contribution in [0.25, 0.3) is 11.6 Å². The molecule has 0 N–H and O–H groups in total. The molecule has 0 saturated carbocycles. The molecule has 3 aromatic rings. The Labute approximate surface area is 130 Å². The average molecular weight is 287 g/mol. The zero-order chi connectivity index (χ0) is 15.0. The molecule has 108 valence electrons. The van der Waals surface area contributed by atoms with Gasteiger partial charge in [-0.25, -0.2) is 0 Å². The summed E-state index contributed by atoms with van der Waals surface area (Å²) in [5, 5.41) is 0. The molecule has 0 aliphatic rings. The van der Waals surface area contributed by atoms with E-state index >= 15 is 0 Å². The van der Waals surface area contributed by atoms with E-state index in [0.29, 0.717) is 0 Å². The molecule has 0 bridgehead atoms. The summed E-state index contributed by atoms with van der Waals surface area (Å²) in [4.78, 5) is 13.0. The van der Waals surface area contributed by atoms with Gasteiger partial charge in [0.2, 0.25) is 0 Å². The Hall–Kier alpha value is -2.81. The molecule has 0 saturated heterocycles. The Morgan fingerprint density at radius 2 is 1.73 bits per heavy atom. The maximum atomic E-state index is 4.48. The Balaban J connectivity index is 1.85. The maximum absolute atomic E-state index is 4.48. The molecular formula is C19H17N3. The lowest BCUT2D eigenvalue weighted by Crippen LogP contribution is -1.94. The van der Waals surface area contributed by atoms with Crippen LogP contribution in [-0.2, 0) is 6.42 Å². The van der Waals surface area contributed by atoms with E-state index in [1.54, 1.807) is 6.20 Å². The zero-order valence-electron chi connectivity index (χ0n) is 12.3. The summed E-state index contributed by atoms with van der Waals surface area (Å²) in [7, 11) is 0. The fourth-order valence-corrected chi connectivity index (χ4v) is 2.30. The second-order valence-corrected chi connectivity index (χ2v) is 4.99. The molecule has 0 amide bonds. The molecule has 0 fully saturated rings. The Morgan fingerprint density at radius 3 is 2.41 bits per heavy atom. The van der Waals surface area contributed by atoms with E-state index in [-0.39, 0.29) is 0 Å². The van der Waals surface area contributed by atoms with Crippen LogP contribution in [0.15, 0.2) is 73.3 Å². The van der Waals surface area contributed by atoms with Crippen LogP contribution < -0.4 is 0 Å². The van der Waals surface area contributed by atoms with Gasteiger partial charge in [-0.3, -0.25) is 15.0 Å². The molecule has 0 radical (unpaired) electrons. The topological polar surface area (TPSA) is 38.7 Å². The number of hydrogen-bond acceptors (Lipinski definition) is 3. The Morgan fingerprint density at radius 1 is 0.864 bits per heavy atom. The Bertz CT molecular complexity index is 722. The maximum Gasteiger partial charge on any atom is 0.0661 e. The SMILES string of the molecule is C(=C(CCc1ccccn1)c1ccccn1)c1cccnc1. The molecule has 3 heteroatoms. The fourth-order valence-electron chi connectivity index (χ4n) is 2.30. The molecule has 22 heavy (non-hydrogen) atoms. The molecule has 3 nitrogen and oxygen atoms in total. The van der Waals surface area contributed by atoms with Gasteiger partial charge in [-0.05, 0) is 60.4 Å². The molecule has 0 atom stereocenters. The molecule has 3 heterocycles. The monoisotopic (exact) mass is 287 g/mol. The standard InChI is InChI=1S/C19H17N3/c1-3-12-21-18(7-1)10-9-17(19-8-2-4-13-22-19)14-16-6-5-11-20-15-16/h1-8,11-15H,9-10H2. The van der Waals surface area contributed by atoms with Crippen LogP contribution in [0.5, 0.6) is 0 Å². The predicted octanol–water partition coefficient (Wildman–Crippen LogP) is 4.05. The highest BCUT2D eigenvalue weighted by atomic mass is 14.7. The van der Waals surface area contributed by atoms with Gasteiger partial charge in [0, 0.05) is 30.5 Å². The number of aryl methyl sites for hydroxylation is 1. The van der Waals surface area contributed by atoms with Crippen molar-refractivity contribution >= 4 is 11.6 Å². The number of aromatic nitrogens is 3. The number of allylic oxidation sites excluding steroid dienone is 1. The first-order chi connectivity index (χ1) is 10.9. The molecule has 3 rings (SSSR count). The minimum Gasteiger partial charge on any atom is -0.264 e. The smallest absolute Gasteiger partial charge is 0.0661 e. The summed E-state index contributed by atoms with van der Waals surface area (Å²) in [6.07, 6.45) is 11.2. The van der Waals surface area contributed by atoms with Gasteiger partial charge in [-0.2, -0.15) is 0 Å². The molecule has 0 aromatic carbocycles. The highest BCUT2D eigenvalue weighted by Crippen LogP contribution is 2.21. The van der Waals surface area contributed by atoms with Gasteiger partial charge in [0.15, 0.2) is 0 Å². The van der Waals surface area contributed by atoms with Crippen LogP contribution in [0, 0.1) is 0 Å². The van der Waals surface area contributed by atoms with Crippen molar-refractivity contribution in [3.05, 3.63) is 90.3 Å². The number of nitrogens with zero attached hydrogens (tertiary/aromatic N) is 3. The van der Waals surface area contributed by atoms with E-state index < -0.39 is 0 Å². The van der Waals surface area contributed by atoms with Crippen molar-refractivity contribution in [2.75, 3.05) is 0 Å². The summed E-state index contributed by atoms with van der Waals surface area (Å²) >= 11 is 0. The third-order valence-electron chi connectivity index (χ3n) is 3.40. The van der Waals surface area contributed by atoms with Crippen LogP contribution in [-0.4, -0.2) is 15.0 Å². The quantitative estimate of drug-likeness (QED) is 0.710. The van der Waals surface area contributed by atoms with Crippen LogP contribution >= 0.6 is 0 Å². The molecule has 0 aliphatic carbocycles. The van der Waals surface area contributed by atoms with Crippen LogP contribution in [0.1, 0.15) is 23.4 Å². The first kappa shape index (κ1) is 14.1. The minimum absolute atomic E-state index is 0.892. The molecular weight excluding hydrogens is 270 g/mol. The van der Waals surface area contributed by atoms with Crippen molar-refractivity contribution in [2.45, 2.75) is 12.8 Å². The third kappa shape index (κ3) is 3.85. The van der Waals surface area contributed by atoms with Gasteiger partial charge >= 0.3 is 0 Å². The van der Waals surface area contributed by atoms with E-state index in [0.717, 1.165) is 29.8 Å². The first-order valence-electron chi connectivity index (χ1n) is 7.34. The summed E-state index contributed by atoms with van der Waals surface area (Å²) in [6, 6.07) is 16.0. The highest BCUT2D eigenvalue weighted by Gasteiger charge is 2.05. The van der Waals surface area contributed by atoms with Crippen LogP contribution in [0.3, 0.4) is 0 Å². The van der Waals surface area contributed by atoms with Gasteiger partial charge in [0.1, 0.15) is 0 Å². The van der Waals surface area contributed by atoms with E-state index in [4.69, 9.17) is 0 Å². The van der Waals surface area contributed by atoms with Gasteiger partial charge in [0.05, 0.1) is 5.69 Å². The molecule has 0 unspecified atom stereocenters. The van der Waals surface area contributed by atoms with E-state index in [2.05, 4.69) is 33.2 Å². The lowest BCUT2D eigenvalue weighted by atomic mass is 10.0. The molecule has 0 spiro atoms. The average Bonchev–Trinajstić information content (AvgIpc) is 2.61.